The van der Waals surface area contributed by atoms with Gasteiger partial charge in [0.15, 0.2) is 0 Å². The fraction of sp³-hybridized carbons (Fsp3) is 0.500. The van der Waals surface area contributed by atoms with Crippen LogP contribution in [0.1, 0.15) is 12.5 Å². The summed E-state index contributed by atoms with van der Waals surface area (Å²) in [4.78, 5) is 0.149. The van der Waals surface area contributed by atoms with Gasteiger partial charge in [0.2, 0.25) is 10.0 Å². The molecule has 1 aromatic rings. The van der Waals surface area contributed by atoms with Crippen LogP contribution in [0.2, 0.25) is 0 Å². The van der Waals surface area contributed by atoms with Gasteiger partial charge in [-0.1, -0.05) is 13.0 Å². The Morgan fingerprint density at radius 3 is 2.42 bits per heavy atom. The molecule has 1 heterocycles. The lowest BCUT2D eigenvalue weighted by atomic mass is 10.1. The predicted molar refractivity (Wildman–Crippen MR) is 71.0 cm³/mol. The van der Waals surface area contributed by atoms with E-state index in [4.69, 9.17) is 5.73 Å². The second-order valence-corrected chi connectivity index (χ2v) is 6.58. The third-order valence-electron chi connectivity index (χ3n) is 3.32. The zero-order valence-corrected chi connectivity index (χ0v) is 11.5. The highest BCUT2D eigenvalue weighted by Crippen LogP contribution is 2.26. The standard InChI is InChI=1S/C12H18N2O4S/c1-2-8-3-4-9(13)5-12(8)19(17,18)14-6-10(15)11(16)7-14/h3-5,10-11,15-16H,2,6-7,13H2,1H3. The van der Waals surface area contributed by atoms with Crippen LogP contribution in [0, 0.1) is 0 Å². The Balaban J connectivity index is 2.43. The first-order valence-corrected chi connectivity index (χ1v) is 7.55. The zero-order valence-electron chi connectivity index (χ0n) is 10.7. The van der Waals surface area contributed by atoms with Gasteiger partial charge in [-0.25, -0.2) is 8.42 Å². The summed E-state index contributed by atoms with van der Waals surface area (Å²) in [7, 11) is -3.74. The second kappa shape index (κ2) is 5.09. The van der Waals surface area contributed by atoms with E-state index >= 15 is 0 Å². The molecule has 1 fully saturated rings. The van der Waals surface area contributed by atoms with E-state index in [9.17, 15) is 18.6 Å². The van der Waals surface area contributed by atoms with Gasteiger partial charge in [-0.2, -0.15) is 4.31 Å². The number of aryl methyl sites for hydroxylation is 1. The highest BCUT2D eigenvalue weighted by Gasteiger charge is 2.38. The summed E-state index contributed by atoms with van der Waals surface area (Å²) in [6, 6.07) is 4.77. The van der Waals surface area contributed by atoms with E-state index in [2.05, 4.69) is 0 Å². The summed E-state index contributed by atoms with van der Waals surface area (Å²) in [6.45, 7) is 1.67. The molecule has 1 aliphatic rings. The van der Waals surface area contributed by atoms with E-state index in [1.165, 1.54) is 6.07 Å². The average Bonchev–Trinajstić information content (AvgIpc) is 2.70. The van der Waals surface area contributed by atoms with Crippen molar-refractivity contribution in [1.29, 1.82) is 0 Å². The molecule has 0 bridgehead atoms. The molecule has 0 amide bonds. The minimum Gasteiger partial charge on any atom is -0.399 e. The van der Waals surface area contributed by atoms with Crippen molar-refractivity contribution in [2.75, 3.05) is 18.8 Å². The highest BCUT2D eigenvalue weighted by molar-refractivity contribution is 7.89. The van der Waals surface area contributed by atoms with Gasteiger partial charge in [-0.15, -0.1) is 0 Å². The summed E-state index contributed by atoms with van der Waals surface area (Å²) in [5.41, 5.74) is 6.69. The number of hydrogen-bond donors (Lipinski definition) is 3. The minimum absolute atomic E-state index is 0.0958. The largest absolute Gasteiger partial charge is 0.399 e. The summed E-state index contributed by atoms with van der Waals surface area (Å²) < 4.78 is 26.1. The molecule has 0 aliphatic carbocycles. The van der Waals surface area contributed by atoms with E-state index in [0.717, 1.165) is 4.31 Å². The number of hydrogen-bond acceptors (Lipinski definition) is 5. The van der Waals surface area contributed by atoms with Gasteiger partial charge in [-0.05, 0) is 24.1 Å². The summed E-state index contributed by atoms with van der Waals surface area (Å²) in [5, 5.41) is 19.0. The Morgan fingerprint density at radius 2 is 1.89 bits per heavy atom. The Morgan fingerprint density at radius 1 is 1.32 bits per heavy atom. The normalized spacial score (nSPS) is 24.8. The van der Waals surface area contributed by atoms with Gasteiger partial charge in [-0.3, -0.25) is 0 Å². The lowest BCUT2D eigenvalue weighted by molar-refractivity contribution is 0.0572. The summed E-state index contributed by atoms with van der Waals surface area (Å²) in [5.74, 6) is 0. The fourth-order valence-corrected chi connectivity index (χ4v) is 3.98. The number of anilines is 1. The van der Waals surface area contributed by atoms with Crippen LogP contribution in [0.3, 0.4) is 0 Å². The van der Waals surface area contributed by atoms with Crippen LogP contribution in [0.25, 0.3) is 0 Å². The van der Waals surface area contributed by atoms with E-state index in [1.54, 1.807) is 12.1 Å². The number of aliphatic hydroxyl groups excluding tert-OH is 2. The quantitative estimate of drug-likeness (QED) is 0.653. The molecule has 1 aromatic carbocycles. The van der Waals surface area contributed by atoms with Crippen molar-refractivity contribution in [3.05, 3.63) is 23.8 Å². The second-order valence-electron chi connectivity index (χ2n) is 4.68. The van der Waals surface area contributed by atoms with Crippen LogP contribution < -0.4 is 5.73 Å². The molecule has 19 heavy (non-hydrogen) atoms. The Bertz CT molecular complexity index is 563. The number of sulfonamides is 1. The van der Waals surface area contributed by atoms with Crippen LogP contribution in [0.15, 0.2) is 23.1 Å². The molecule has 7 heteroatoms. The van der Waals surface area contributed by atoms with Gasteiger partial charge < -0.3 is 15.9 Å². The zero-order chi connectivity index (χ0) is 14.2. The molecular weight excluding hydrogens is 268 g/mol. The molecule has 1 aliphatic heterocycles. The van der Waals surface area contributed by atoms with Crippen LogP contribution in [0.5, 0.6) is 0 Å². The molecule has 4 N–H and O–H groups in total. The lowest BCUT2D eigenvalue weighted by Crippen LogP contribution is -2.30. The van der Waals surface area contributed by atoms with E-state index in [-0.39, 0.29) is 18.0 Å². The number of aliphatic hydroxyl groups is 2. The molecule has 106 valence electrons. The smallest absolute Gasteiger partial charge is 0.243 e. The molecule has 1 saturated heterocycles. The van der Waals surface area contributed by atoms with E-state index in [0.29, 0.717) is 17.7 Å². The Kier molecular flexibility index (Phi) is 3.82. The molecule has 0 saturated carbocycles. The van der Waals surface area contributed by atoms with Crippen molar-refractivity contribution in [2.24, 2.45) is 0 Å². The lowest BCUT2D eigenvalue weighted by Gasteiger charge is -2.18. The number of nitrogen functional groups attached to an aromatic ring is 1. The third-order valence-corrected chi connectivity index (χ3v) is 5.23. The first-order valence-electron chi connectivity index (χ1n) is 6.11. The number of nitrogens with zero attached hydrogens (tertiary/aromatic N) is 1. The maximum absolute atomic E-state index is 12.5. The Hall–Kier alpha value is -1.15. The number of rotatable bonds is 3. The summed E-state index contributed by atoms with van der Waals surface area (Å²) >= 11 is 0. The first kappa shape index (κ1) is 14.3. The molecule has 0 spiro atoms. The van der Waals surface area contributed by atoms with Crippen molar-refractivity contribution in [1.82, 2.24) is 4.31 Å². The number of benzene rings is 1. The molecule has 6 nitrogen and oxygen atoms in total. The van der Waals surface area contributed by atoms with Gasteiger partial charge in [0.05, 0.1) is 17.1 Å². The number of nitrogens with two attached hydrogens (primary N) is 1. The van der Waals surface area contributed by atoms with Crippen molar-refractivity contribution in [2.45, 2.75) is 30.4 Å². The topological polar surface area (TPSA) is 104 Å². The molecule has 2 rings (SSSR count). The van der Waals surface area contributed by atoms with Crippen molar-refractivity contribution in [3.8, 4) is 0 Å². The highest BCUT2D eigenvalue weighted by atomic mass is 32.2. The van der Waals surface area contributed by atoms with E-state index in [1.807, 2.05) is 6.92 Å². The van der Waals surface area contributed by atoms with Crippen LogP contribution >= 0.6 is 0 Å². The molecular formula is C12H18N2O4S. The maximum atomic E-state index is 12.5. The fourth-order valence-electron chi connectivity index (χ4n) is 2.17. The van der Waals surface area contributed by atoms with E-state index < -0.39 is 22.2 Å². The molecule has 2 atom stereocenters. The average molecular weight is 286 g/mol. The maximum Gasteiger partial charge on any atom is 0.243 e. The predicted octanol–water partition coefficient (Wildman–Crippen LogP) is -0.443. The van der Waals surface area contributed by atoms with Crippen LogP contribution in [-0.4, -0.2) is 48.2 Å². The monoisotopic (exact) mass is 286 g/mol. The van der Waals surface area contributed by atoms with Crippen molar-refractivity contribution in [3.63, 3.8) is 0 Å². The van der Waals surface area contributed by atoms with Gasteiger partial charge in [0.25, 0.3) is 0 Å². The van der Waals surface area contributed by atoms with Crippen molar-refractivity contribution >= 4 is 15.7 Å². The minimum atomic E-state index is -3.74. The van der Waals surface area contributed by atoms with Gasteiger partial charge in [0, 0.05) is 18.8 Å². The number of β-amino-alcohol motifs (C(OH)–C–C–N with tert-alkyl or cyclic N) is 2. The van der Waals surface area contributed by atoms with Crippen LogP contribution in [0.4, 0.5) is 5.69 Å². The third kappa shape index (κ3) is 2.59. The summed E-state index contributed by atoms with van der Waals surface area (Å²) in [6.07, 6.45) is -1.52. The Labute approximate surface area is 112 Å². The molecule has 0 radical (unpaired) electrons. The van der Waals surface area contributed by atoms with Crippen LogP contribution in [-0.2, 0) is 16.4 Å². The van der Waals surface area contributed by atoms with Gasteiger partial charge in [0.1, 0.15) is 0 Å². The first-order chi connectivity index (χ1) is 8.86. The van der Waals surface area contributed by atoms with Crippen molar-refractivity contribution < 1.29 is 18.6 Å². The van der Waals surface area contributed by atoms with Gasteiger partial charge >= 0.3 is 0 Å². The molecule has 2 unspecified atom stereocenters. The molecule has 0 aromatic heterocycles. The SMILES string of the molecule is CCc1ccc(N)cc1S(=O)(=O)N1CC(O)C(O)C1.